The van der Waals surface area contributed by atoms with E-state index in [1.54, 1.807) is 0 Å². The maximum Gasteiger partial charge on any atom is 0.160 e. The molecule has 110 heavy (non-hydrogen) atoms. The van der Waals surface area contributed by atoms with Gasteiger partial charge in [0.05, 0.1) is 22.8 Å². The lowest BCUT2D eigenvalue weighted by molar-refractivity contribution is 0.668. The Morgan fingerprint density at radius 3 is 1.16 bits per heavy atom. The smallest absolute Gasteiger partial charge is 0.160 e. The molecule has 0 saturated heterocycles. The minimum atomic E-state index is 0.633. The van der Waals surface area contributed by atoms with Gasteiger partial charge in [0.15, 0.2) is 11.6 Å². The molecule has 0 saturated carbocycles. The molecule has 0 spiro atoms. The van der Waals surface area contributed by atoms with Crippen LogP contribution in [0.5, 0.6) is 0 Å². The zero-order valence-electron chi connectivity index (χ0n) is 59.1. The summed E-state index contributed by atoms with van der Waals surface area (Å²) in [7, 11) is 0. The Labute approximate surface area is 630 Å². The number of benzene rings is 16. The molecule has 0 amide bonds. The average molecular weight is 1410 g/mol. The Bertz CT molecular complexity index is 7470. The molecule has 0 N–H and O–H groups in total. The van der Waals surface area contributed by atoms with E-state index in [2.05, 4.69) is 291 Å². The number of hydrogen-bond acceptors (Lipinski definition) is 8. The largest absolute Gasteiger partial charge is 0.456 e. The maximum atomic E-state index is 6.82. The van der Waals surface area contributed by atoms with Gasteiger partial charge in [0.1, 0.15) is 44.7 Å². The van der Waals surface area contributed by atoms with Gasteiger partial charge in [-0.3, -0.25) is 0 Å². The number of para-hydroxylation sites is 3. The molecule has 0 radical (unpaired) electrons. The first kappa shape index (κ1) is 62.5. The second kappa shape index (κ2) is 25.4. The Kier molecular flexibility index (Phi) is 14.5. The summed E-state index contributed by atoms with van der Waals surface area (Å²) in [5, 5.41) is 10.8. The molecule has 22 aromatic rings. The van der Waals surface area contributed by atoms with Crippen LogP contribution in [0.2, 0.25) is 0 Å². The quantitative estimate of drug-likeness (QED) is 0.119. The Balaban J connectivity index is 0.617. The molecule has 6 aromatic heterocycles. The first-order valence-corrected chi connectivity index (χ1v) is 37.0. The van der Waals surface area contributed by atoms with Crippen LogP contribution in [0.25, 0.3) is 233 Å². The summed E-state index contributed by atoms with van der Waals surface area (Å²) < 4.78 is 25.9. The van der Waals surface area contributed by atoms with Crippen molar-refractivity contribution in [3.05, 3.63) is 364 Å². The first-order chi connectivity index (χ1) is 54.4. The van der Waals surface area contributed by atoms with Gasteiger partial charge in [-0.1, -0.05) is 255 Å². The zero-order valence-corrected chi connectivity index (χ0v) is 59.1. The highest BCUT2D eigenvalue weighted by molar-refractivity contribution is 6.12. The minimum Gasteiger partial charge on any atom is -0.456 e. The number of furan rings is 4. The first-order valence-electron chi connectivity index (χ1n) is 37.0. The van der Waals surface area contributed by atoms with Crippen LogP contribution in [0.3, 0.4) is 0 Å². The lowest BCUT2D eigenvalue weighted by Gasteiger charge is -2.17. The summed E-state index contributed by atoms with van der Waals surface area (Å²) in [5.41, 5.74) is 28.5. The summed E-state index contributed by atoms with van der Waals surface area (Å²) in [4.78, 5) is 21.6. The van der Waals surface area contributed by atoms with E-state index < -0.39 is 0 Å². The highest BCUT2D eigenvalue weighted by Gasteiger charge is 2.24. The Hall–Kier alpha value is -14.9. The van der Waals surface area contributed by atoms with E-state index in [1.165, 1.54) is 5.39 Å². The van der Waals surface area contributed by atoms with Crippen LogP contribution in [-0.4, -0.2) is 19.9 Å². The van der Waals surface area contributed by atoms with Crippen molar-refractivity contribution in [2.75, 3.05) is 0 Å². The van der Waals surface area contributed by atoms with E-state index in [4.69, 9.17) is 37.6 Å². The Morgan fingerprint density at radius 2 is 0.536 bits per heavy atom. The molecule has 0 aliphatic heterocycles. The molecule has 0 bridgehead atoms. The van der Waals surface area contributed by atoms with Crippen molar-refractivity contribution in [2.45, 2.75) is 0 Å². The standard InChI is InChI=1S/C102H60N4O4/c1-3-18-64(19-4-1)101-103-88(59-90(105-101)82-29-16-28-77(73-43-49-96-85(56-73)79-26-10-13-31-93(79)108-96)100(82)75-44-50-97-87(57-75)80-27-11-14-32-94(80)109-97)63-36-33-62(34-37-63)67-23-15-24-68(51-67)71-40-46-81-86-55-72(42-48-98(86)110-99(81)58-71)76-45-39-69(70-41-47-95-84(54-70)78-25-9-12-30-92(78)107-95)53-83(76)91-60-89(104-102(106-91)65-20-5-2-6-21-65)74-38-35-61-17-7-8-22-66(61)52-74/h1-60H. The van der Waals surface area contributed by atoms with Gasteiger partial charge >= 0.3 is 0 Å². The van der Waals surface area contributed by atoms with Crippen molar-refractivity contribution in [1.82, 2.24) is 19.9 Å². The zero-order chi connectivity index (χ0) is 72.3. The monoisotopic (exact) mass is 1400 g/mol. The van der Waals surface area contributed by atoms with Gasteiger partial charge in [-0.15, -0.1) is 0 Å². The fourth-order valence-corrected chi connectivity index (χ4v) is 16.3. The lowest BCUT2D eigenvalue weighted by atomic mass is 9.88. The van der Waals surface area contributed by atoms with E-state index in [0.717, 1.165) is 216 Å². The van der Waals surface area contributed by atoms with Crippen LogP contribution >= 0.6 is 0 Å². The molecule has 512 valence electrons. The Morgan fingerprint density at radius 1 is 0.155 bits per heavy atom. The fourth-order valence-electron chi connectivity index (χ4n) is 16.3. The van der Waals surface area contributed by atoms with Gasteiger partial charge < -0.3 is 17.7 Å². The van der Waals surface area contributed by atoms with Gasteiger partial charge in [-0.2, -0.15) is 0 Å². The van der Waals surface area contributed by atoms with E-state index in [9.17, 15) is 0 Å². The van der Waals surface area contributed by atoms with Crippen LogP contribution in [0.4, 0.5) is 0 Å². The fraction of sp³-hybridized carbons (Fsp3) is 0. The summed E-state index contributed by atoms with van der Waals surface area (Å²) in [6.07, 6.45) is 0. The summed E-state index contributed by atoms with van der Waals surface area (Å²) in [5.74, 6) is 1.28. The summed E-state index contributed by atoms with van der Waals surface area (Å²) >= 11 is 0. The number of hydrogen-bond donors (Lipinski definition) is 0. The van der Waals surface area contributed by atoms with E-state index >= 15 is 0 Å². The predicted octanol–water partition coefficient (Wildman–Crippen LogP) is 28.0. The van der Waals surface area contributed by atoms with E-state index in [0.29, 0.717) is 11.6 Å². The van der Waals surface area contributed by atoms with Crippen LogP contribution in [-0.2, 0) is 0 Å². The van der Waals surface area contributed by atoms with E-state index in [-0.39, 0.29) is 0 Å². The topological polar surface area (TPSA) is 104 Å². The molecule has 8 heteroatoms. The van der Waals surface area contributed by atoms with Crippen LogP contribution in [0, 0.1) is 0 Å². The minimum absolute atomic E-state index is 0.633. The second-order valence-electron chi connectivity index (χ2n) is 28.3. The molecule has 16 aromatic carbocycles. The third-order valence-corrected chi connectivity index (χ3v) is 21.8. The molecule has 0 atom stereocenters. The normalized spacial score (nSPS) is 11.8. The third kappa shape index (κ3) is 10.8. The lowest BCUT2D eigenvalue weighted by Crippen LogP contribution is -1.98. The van der Waals surface area contributed by atoms with Crippen LogP contribution in [0.15, 0.2) is 382 Å². The van der Waals surface area contributed by atoms with Gasteiger partial charge in [0.25, 0.3) is 0 Å². The van der Waals surface area contributed by atoms with E-state index in [1.807, 2.05) is 72.8 Å². The SMILES string of the molecule is c1ccc(-c2nc(-c3ccc4ccccc4c3)cc(-c3cc(-c4ccc5oc6ccccc6c5c4)ccc3-c3ccc4oc5cc(-c6cccc(-c7ccc(-c8cc(-c9cccc(-c%10ccc%11oc%12ccccc%12c%11c%10)c9-c9ccc%10oc%11ccccc%11c%10c9)nc(-c9ccccc9)n8)cc7)c6)ccc5c4c3)n2)cc1. The number of aromatic nitrogens is 4. The summed E-state index contributed by atoms with van der Waals surface area (Å²) in [6.45, 7) is 0. The molecule has 22 rings (SSSR count). The molecular weight excluding hydrogens is 1350 g/mol. The third-order valence-electron chi connectivity index (χ3n) is 21.8. The van der Waals surface area contributed by atoms with Crippen molar-refractivity contribution in [1.29, 1.82) is 0 Å². The van der Waals surface area contributed by atoms with Crippen LogP contribution < -0.4 is 0 Å². The van der Waals surface area contributed by atoms with Crippen molar-refractivity contribution in [3.63, 3.8) is 0 Å². The van der Waals surface area contributed by atoms with Gasteiger partial charge in [0.2, 0.25) is 0 Å². The second-order valence-corrected chi connectivity index (χ2v) is 28.3. The van der Waals surface area contributed by atoms with Crippen molar-refractivity contribution < 1.29 is 17.7 Å². The molecule has 0 fully saturated rings. The molecule has 8 nitrogen and oxygen atoms in total. The molecule has 0 aliphatic rings. The van der Waals surface area contributed by atoms with Crippen molar-refractivity contribution in [3.8, 4) is 135 Å². The molecule has 0 unspecified atom stereocenters. The number of fused-ring (bicyclic) bond motifs is 13. The van der Waals surface area contributed by atoms with Crippen molar-refractivity contribution >= 4 is 98.5 Å². The van der Waals surface area contributed by atoms with Crippen LogP contribution in [0.1, 0.15) is 0 Å². The molecule has 6 heterocycles. The highest BCUT2D eigenvalue weighted by atomic mass is 16.3. The number of nitrogens with zero attached hydrogens (tertiary/aromatic N) is 4. The maximum absolute atomic E-state index is 6.82. The predicted molar refractivity (Wildman–Crippen MR) is 449 cm³/mol. The van der Waals surface area contributed by atoms with Gasteiger partial charge in [-0.05, 0) is 187 Å². The highest BCUT2D eigenvalue weighted by Crippen LogP contribution is 2.47. The van der Waals surface area contributed by atoms with Crippen molar-refractivity contribution in [2.24, 2.45) is 0 Å². The summed E-state index contributed by atoms with van der Waals surface area (Å²) in [6, 6.07) is 128. The number of rotatable bonds is 12. The average Bonchev–Trinajstić information content (AvgIpc) is 1.50. The van der Waals surface area contributed by atoms with Gasteiger partial charge in [-0.25, -0.2) is 19.9 Å². The van der Waals surface area contributed by atoms with Gasteiger partial charge in [0, 0.05) is 76.5 Å². The molecular formula is C102H60N4O4. The molecule has 0 aliphatic carbocycles.